The number of rotatable bonds is 7. The Labute approximate surface area is 175 Å². The highest BCUT2D eigenvalue weighted by Gasteiger charge is 2.21. The number of nitro groups is 1. The lowest BCUT2D eigenvalue weighted by molar-refractivity contribution is -0.386. The van der Waals surface area contributed by atoms with Gasteiger partial charge in [0.15, 0.2) is 0 Å². The summed E-state index contributed by atoms with van der Waals surface area (Å²) in [5, 5.41) is 18.0. The number of nitrogens with one attached hydrogen (secondary N) is 1. The summed E-state index contributed by atoms with van der Waals surface area (Å²) in [6.07, 6.45) is 0. The van der Waals surface area contributed by atoms with Gasteiger partial charge in [-0.05, 0) is 43.7 Å². The first-order valence-corrected chi connectivity index (χ1v) is 9.76. The maximum absolute atomic E-state index is 12.7. The van der Waals surface area contributed by atoms with Crippen molar-refractivity contribution in [2.24, 2.45) is 0 Å². The zero-order valence-corrected chi connectivity index (χ0v) is 17.0. The van der Waals surface area contributed by atoms with Gasteiger partial charge in [-0.3, -0.25) is 19.6 Å². The number of hydrogen-bond acceptors (Lipinski definition) is 5. The SMILES string of the molecule is Cc1nn(Cc2ccc(C(=O)Nc3ccccc3SC(F)F)cc2)c(C)c1[N+](=O)[O-]. The smallest absolute Gasteiger partial charge is 0.312 e. The first kappa shape index (κ1) is 21.4. The van der Waals surface area contributed by atoms with E-state index in [0.717, 1.165) is 5.56 Å². The Morgan fingerprint density at radius 1 is 1.20 bits per heavy atom. The predicted octanol–water partition coefficient (Wildman–Crippen LogP) is 5.02. The van der Waals surface area contributed by atoms with Gasteiger partial charge in [-0.15, -0.1) is 0 Å². The van der Waals surface area contributed by atoms with Crippen molar-refractivity contribution in [3.05, 3.63) is 81.2 Å². The van der Waals surface area contributed by atoms with Crippen LogP contribution in [0, 0.1) is 24.0 Å². The van der Waals surface area contributed by atoms with E-state index < -0.39 is 16.6 Å². The molecule has 0 atom stereocenters. The quantitative estimate of drug-likeness (QED) is 0.322. The van der Waals surface area contributed by atoms with E-state index in [9.17, 15) is 23.7 Å². The molecule has 7 nitrogen and oxygen atoms in total. The van der Waals surface area contributed by atoms with Gasteiger partial charge in [-0.25, -0.2) is 0 Å². The number of anilines is 1. The number of aromatic nitrogens is 2. The van der Waals surface area contributed by atoms with E-state index in [1.54, 1.807) is 61.0 Å². The molecule has 2 aromatic carbocycles. The summed E-state index contributed by atoms with van der Waals surface area (Å²) in [6.45, 7) is 3.53. The van der Waals surface area contributed by atoms with Crippen LogP contribution in [0.15, 0.2) is 53.4 Å². The van der Waals surface area contributed by atoms with Crippen molar-refractivity contribution in [2.75, 3.05) is 5.32 Å². The summed E-state index contributed by atoms with van der Waals surface area (Å²) in [5.41, 5.74) is 2.26. The number of hydrogen-bond donors (Lipinski definition) is 1. The predicted molar refractivity (Wildman–Crippen MR) is 110 cm³/mol. The van der Waals surface area contributed by atoms with Gasteiger partial charge < -0.3 is 5.32 Å². The van der Waals surface area contributed by atoms with Gasteiger partial charge in [-0.2, -0.15) is 13.9 Å². The lowest BCUT2D eigenvalue weighted by Gasteiger charge is -2.11. The van der Waals surface area contributed by atoms with E-state index >= 15 is 0 Å². The first-order chi connectivity index (χ1) is 14.3. The summed E-state index contributed by atoms with van der Waals surface area (Å²) in [4.78, 5) is 23.5. The molecule has 0 spiro atoms. The van der Waals surface area contributed by atoms with E-state index in [2.05, 4.69) is 10.4 Å². The van der Waals surface area contributed by atoms with Crippen LogP contribution in [0.25, 0.3) is 0 Å². The molecule has 0 aliphatic heterocycles. The monoisotopic (exact) mass is 432 g/mol. The van der Waals surface area contributed by atoms with Gasteiger partial charge in [0.25, 0.3) is 11.7 Å². The molecule has 0 saturated heterocycles. The second-order valence-electron chi connectivity index (χ2n) is 6.46. The highest BCUT2D eigenvalue weighted by Crippen LogP contribution is 2.32. The summed E-state index contributed by atoms with van der Waals surface area (Å²) in [5.74, 6) is -3.02. The molecule has 0 radical (unpaired) electrons. The van der Waals surface area contributed by atoms with Crippen LogP contribution in [0.2, 0.25) is 0 Å². The zero-order valence-electron chi connectivity index (χ0n) is 16.1. The molecule has 0 saturated carbocycles. The Kier molecular flexibility index (Phi) is 6.46. The molecule has 0 aliphatic rings. The van der Waals surface area contributed by atoms with Gasteiger partial charge in [0, 0.05) is 10.5 Å². The average molecular weight is 432 g/mol. The van der Waals surface area contributed by atoms with Crippen molar-refractivity contribution in [3.63, 3.8) is 0 Å². The van der Waals surface area contributed by atoms with Crippen molar-refractivity contribution >= 4 is 29.0 Å². The van der Waals surface area contributed by atoms with Crippen LogP contribution in [0.4, 0.5) is 20.2 Å². The number of para-hydroxylation sites is 1. The minimum atomic E-state index is -2.59. The van der Waals surface area contributed by atoms with Crippen molar-refractivity contribution in [1.29, 1.82) is 0 Å². The van der Waals surface area contributed by atoms with Gasteiger partial charge in [0.05, 0.1) is 17.2 Å². The largest absolute Gasteiger partial charge is 0.321 e. The molecule has 1 N–H and O–H groups in total. The molecule has 3 rings (SSSR count). The Bertz CT molecular complexity index is 1080. The number of aryl methyl sites for hydroxylation is 1. The molecule has 156 valence electrons. The highest BCUT2D eigenvalue weighted by atomic mass is 32.2. The lowest BCUT2D eigenvalue weighted by Crippen LogP contribution is -2.13. The van der Waals surface area contributed by atoms with Crippen molar-refractivity contribution in [1.82, 2.24) is 9.78 Å². The summed E-state index contributed by atoms with van der Waals surface area (Å²) < 4.78 is 26.9. The second kappa shape index (κ2) is 9.04. The Hall–Kier alpha value is -3.27. The number of alkyl halides is 2. The lowest BCUT2D eigenvalue weighted by atomic mass is 10.1. The van der Waals surface area contributed by atoms with Crippen molar-refractivity contribution < 1.29 is 18.5 Å². The van der Waals surface area contributed by atoms with Crippen LogP contribution in [0.1, 0.15) is 27.3 Å². The maximum Gasteiger partial charge on any atom is 0.312 e. The molecule has 0 unspecified atom stereocenters. The summed E-state index contributed by atoms with van der Waals surface area (Å²) in [7, 11) is 0. The standard InChI is InChI=1S/C20H18F2N4O3S/c1-12-18(26(28)29)13(2)25(24-12)11-14-7-9-15(10-8-14)19(27)23-16-5-3-4-6-17(16)30-20(21)22/h3-10,20H,11H2,1-2H3,(H,23,27). The molecule has 0 fully saturated rings. The molecule has 1 aromatic heterocycles. The molecule has 3 aromatic rings. The third kappa shape index (κ3) is 4.82. The number of carbonyl (C=O) groups excluding carboxylic acids is 1. The highest BCUT2D eigenvalue weighted by molar-refractivity contribution is 7.99. The summed E-state index contributed by atoms with van der Waals surface area (Å²) in [6, 6.07) is 13.0. The first-order valence-electron chi connectivity index (χ1n) is 8.88. The van der Waals surface area contributed by atoms with Crippen LogP contribution in [-0.2, 0) is 6.54 Å². The average Bonchev–Trinajstić information content (AvgIpc) is 2.96. The number of thioether (sulfide) groups is 1. The van der Waals surface area contributed by atoms with Crippen molar-refractivity contribution in [3.8, 4) is 0 Å². The normalized spacial score (nSPS) is 11.0. The van der Waals surface area contributed by atoms with Crippen LogP contribution in [-0.4, -0.2) is 26.4 Å². The topological polar surface area (TPSA) is 90.1 Å². The van der Waals surface area contributed by atoms with E-state index in [4.69, 9.17) is 0 Å². The minimum Gasteiger partial charge on any atom is -0.321 e. The molecule has 0 bridgehead atoms. The number of halogens is 2. The minimum absolute atomic E-state index is 0.00803. The molecular formula is C20H18F2N4O3S. The Morgan fingerprint density at radius 2 is 1.87 bits per heavy atom. The van der Waals surface area contributed by atoms with E-state index in [1.165, 1.54) is 6.07 Å². The zero-order chi connectivity index (χ0) is 21.8. The number of benzene rings is 2. The van der Waals surface area contributed by atoms with E-state index in [-0.39, 0.29) is 10.6 Å². The van der Waals surface area contributed by atoms with E-state index in [0.29, 0.717) is 40.9 Å². The number of nitrogens with zero attached hydrogens (tertiary/aromatic N) is 3. The second-order valence-corrected chi connectivity index (χ2v) is 7.49. The van der Waals surface area contributed by atoms with E-state index in [1.807, 2.05) is 0 Å². The molecule has 0 aliphatic carbocycles. The van der Waals surface area contributed by atoms with Gasteiger partial charge >= 0.3 is 5.69 Å². The molecular weight excluding hydrogens is 414 g/mol. The number of carbonyl (C=O) groups is 1. The van der Waals surface area contributed by atoms with Crippen LogP contribution in [0.3, 0.4) is 0 Å². The molecule has 30 heavy (non-hydrogen) atoms. The number of amides is 1. The van der Waals surface area contributed by atoms with Crippen LogP contribution in [0.5, 0.6) is 0 Å². The van der Waals surface area contributed by atoms with Gasteiger partial charge in [-0.1, -0.05) is 36.0 Å². The Balaban J connectivity index is 1.73. The molecule has 1 heterocycles. The van der Waals surface area contributed by atoms with Gasteiger partial charge in [0.2, 0.25) is 0 Å². The fourth-order valence-corrected chi connectivity index (χ4v) is 3.60. The maximum atomic E-state index is 12.7. The third-order valence-corrected chi connectivity index (χ3v) is 5.21. The fraction of sp³-hybridized carbons (Fsp3) is 0.200. The fourth-order valence-electron chi connectivity index (χ4n) is 3.00. The van der Waals surface area contributed by atoms with Crippen LogP contribution >= 0.6 is 11.8 Å². The third-order valence-electron chi connectivity index (χ3n) is 4.43. The molecule has 10 heteroatoms. The summed E-state index contributed by atoms with van der Waals surface area (Å²) >= 11 is 0.367. The Morgan fingerprint density at radius 3 is 2.47 bits per heavy atom. The molecule has 1 amide bonds. The van der Waals surface area contributed by atoms with Crippen molar-refractivity contribution in [2.45, 2.75) is 31.0 Å². The van der Waals surface area contributed by atoms with Crippen LogP contribution < -0.4 is 5.32 Å². The van der Waals surface area contributed by atoms with Gasteiger partial charge in [0.1, 0.15) is 11.4 Å².